The zero-order valence-corrected chi connectivity index (χ0v) is 10.4. The molecule has 3 nitrogen and oxygen atoms in total. The predicted molar refractivity (Wildman–Crippen MR) is 68.0 cm³/mol. The van der Waals surface area contributed by atoms with E-state index in [2.05, 4.69) is 19.2 Å². The molecule has 1 unspecified atom stereocenters. The van der Waals surface area contributed by atoms with Gasteiger partial charge in [-0.05, 0) is 37.3 Å². The Morgan fingerprint density at radius 1 is 1.53 bits per heavy atom. The van der Waals surface area contributed by atoms with Crippen molar-refractivity contribution in [1.29, 1.82) is 5.26 Å². The number of hydrogen-bond acceptors (Lipinski definition) is 3. The second kappa shape index (κ2) is 4.67. The average Bonchev–Trinajstić information content (AvgIpc) is 3.07. The van der Waals surface area contributed by atoms with E-state index in [0.29, 0.717) is 11.5 Å². The van der Waals surface area contributed by atoms with Crippen molar-refractivity contribution in [3.8, 4) is 11.8 Å². The number of nitrogens with one attached hydrogen (secondary N) is 1. The second-order valence-corrected chi connectivity index (χ2v) is 4.99. The minimum atomic E-state index is 0.0940. The van der Waals surface area contributed by atoms with E-state index in [4.69, 9.17) is 10.00 Å². The highest BCUT2D eigenvalue weighted by molar-refractivity contribution is 5.49. The summed E-state index contributed by atoms with van der Waals surface area (Å²) in [6.07, 6.45) is 2.59. The molecular weight excluding hydrogens is 212 g/mol. The number of ether oxygens (including phenoxy) is 1. The molecular formula is C14H18N2O. The van der Waals surface area contributed by atoms with Crippen LogP contribution in [-0.4, -0.2) is 12.6 Å². The Labute approximate surface area is 102 Å². The van der Waals surface area contributed by atoms with E-state index in [9.17, 15) is 0 Å². The third-order valence-electron chi connectivity index (χ3n) is 3.60. The van der Waals surface area contributed by atoms with E-state index in [-0.39, 0.29) is 6.61 Å². The van der Waals surface area contributed by atoms with Gasteiger partial charge in [0.15, 0.2) is 6.61 Å². The summed E-state index contributed by atoms with van der Waals surface area (Å²) in [4.78, 5) is 0. The van der Waals surface area contributed by atoms with Crippen LogP contribution in [0.25, 0.3) is 0 Å². The molecule has 0 heterocycles. The number of nitriles is 1. The molecule has 0 amide bonds. The van der Waals surface area contributed by atoms with Crippen molar-refractivity contribution in [2.24, 2.45) is 5.41 Å². The van der Waals surface area contributed by atoms with Gasteiger partial charge in [-0.1, -0.05) is 13.0 Å². The molecule has 1 fully saturated rings. The molecule has 2 rings (SSSR count). The van der Waals surface area contributed by atoms with Gasteiger partial charge in [-0.3, -0.25) is 0 Å². The number of rotatable bonds is 5. The topological polar surface area (TPSA) is 45.0 Å². The van der Waals surface area contributed by atoms with Gasteiger partial charge in [-0.25, -0.2) is 0 Å². The monoisotopic (exact) mass is 230 g/mol. The summed E-state index contributed by atoms with van der Waals surface area (Å²) in [5.41, 5.74) is 1.50. The standard InChI is InChI=1S/C14H18N2O/c1-11(14(2)6-7-14)16-12-4-3-5-13(10-12)17-9-8-15/h3-5,10-11,16H,6-7,9H2,1-2H3. The van der Waals surface area contributed by atoms with Crippen LogP contribution in [0.3, 0.4) is 0 Å². The Hall–Kier alpha value is -1.69. The molecule has 1 aliphatic rings. The lowest BCUT2D eigenvalue weighted by molar-refractivity contribution is 0.368. The molecule has 1 aliphatic carbocycles. The van der Waals surface area contributed by atoms with Crippen molar-refractivity contribution >= 4 is 5.69 Å². The molecule has 17 heavy (non-hydrogen) atoms. The lowest BCUT2D eigenvalue weighted by Gasteiger charge is -2.21. The van der Waals surface area contributed by atoms with E-state index >= 15 is 0 Å². The lowest BCUT2D eigenvalue weighted by Crippen LogP contribution is -2.24. The van der Waals surface area contributed by atoms with Crippen LogP contribution in [0.15, 0.2) is 24.3 Å². The zero-order valence-electron chi connectivity index (χ0n) is 10.4. The molecule has 1 aromatic carbocycles. The fourth-order valence-electron chi connectivity index (χ4n) is 1.85. The van der Waals surface area contributed by atoms with Crippen LogP contribution in [0.1, 0.15) is 26.7 Å². The van der Waals surface area contributed by atoms with Crippen LogP contribution < -0.4 is 10.1 Å². The van der Waals surface area contributed by atoms with Crippen molar-refractivity contribution < 1.29 is 4.74 Å². The Bertz CT molecular complexity index is 432. The zero-order chi connectivity index (χ0) is 12.3. The summed E-state index contributed by atoms with van der Waals surface area (Å²) in [5.74, 6) is 0.740. The Morgan fingerprint density at radius 2 is 2.29 bits per heavy atom. The number of benzene rings is 1. The van der Waals surface area contributed by atoms with E-state index in [1.807, 2.05) is 30.3 Å². The second-order valence-electron chi connectivity index (χ2n) is 4.99. The fraction of sp³-hybridized carbons (Fsp3) is 0.500. The highest BCUT2D eigenvalue weighted by Gasteiger charge is 2.42. The minimum Gasteiger partial charge on any atom is -0.479 e. The first kappa shape index (κ1) is 11.8. The highest BCUT2D eigenvalue weighted by atomic mass is 16.5. The maximum absolute atomic E-state index is 8.47. The van der Waals surface area contributed by atoms with E-state index in [1.54, 1.807) is 0 Å². The maximum Gasteiger partial charge on any atom is 0.174 e. The van der Waals surface area contributed by atoms with Gasteiger partial charge in [-0.2, -0.15) is 5.26 Å². The fourth-order valence-corrected chi connectivity index (χ4v) is 1.85. The molecule has 0 bridgehead atoms. The largest absolute Gasteiger partial charge is 0.479 e. The molecule has 0 saturated heterocycles. The van der Waals surface area contributed by atoms with Gasteiger partial charge in [0.1, 0.15) is 11.8 Å². The normalized spacial score (nSPS) is 17.9. The van der Waals surface area contributed by atoms with E-state index in [0.717, 1.165) is 11.4 Å². The average molecular weight is 230 g/mol. The molecule has 3 heteroatoms. The van der Waals surface area contributed by atoms with Crippen molar-refractivity contribution in [2.45, 2.75) is 32.7 Å². The van der Waals surface area contributed by atoms with Gasteiger partial charge in [0.05, 0.1) is 0 Å². The molecule has 0 spiro atoms. The third kappa shape index (κ3) is 2.91. The van der Waals surface area contributed by atoms with Crippen LogP contribution in [0.2, 0.25) is 0 Å². The molecule has 0 aromatic heterocycles. The van der Waals surface area contributed by atoms with E-state index in [1.165, 1.54) is 12.8 Å². The molecule has 0 aliphatic heterocycles. The first-order chi connectivity index (χ1) is 8.14. The molecule has 1 saturated carbocycles. The Kier molecular flexibility index (Phi) is 3.23. The van der Waals surface area contributed by atoms with Crippen LogP contribution >= 0.6 is 0 Å². The van der Waals surface area contributed by atoms with E-state index < -0.39 is 0 Å². The van der Waals surface area contributed by atoms with Crippen LogP contribution in [0.4, 0.5) is 5.69 Å². The number of anilines is 1. The molecule has 90 valence electrons. The quantitative estimate of drug-likeness (QED) is 0.844. The van der Waals surface area contributed by atoms with Crippen LogP contribution in [-0.2, 0) is 0 Å². The lowest BCUT2D eigenvalue weighted by atomic mass is 10.0. The van der Waals surface area contributed by atoms with Gasteiger partial charge >= 0.3 is 0 Å². The van der Waals surface area contributed by atoms with Gasteiger partial charge in [0.2, 0.25) is 0 Å². The Balaban J connectivity index is 1.98. The summed E-state index contributed by atoms with van der Waals surface area (Å²) in [6.45, 7) is 4.62. The first-order valence-electron chi connectivity index (χ1n) is 6.00. The number of hydrogen-bond donors (Lipinski definition) is 1. The molecule has 1 atom stereocenters. The van der Waals surface area contributed by atoms with Gasteiger partial charge in [0.25, 0.3) is 0 Å². The van der Waals surface area contributed by atoms with Crippen LogP contribution in [0.5, 0.6) is 5.75 Å². The molecule has 1 N–H and O–H groups in total. The summed E-state index contributed by atoms with van der Waals surface area (Å²) in [5, 5.41) is 12.0. The van der Waals surface area contributed by atoms with Gasteiger partial charge in [0, 0.05) is 17.8 Å². The SMILES string of the molecule is CC(Nc1cccc(OCC#N)c1)C1(C)CC1. The summed E-state index contributed by atoms with van der Waals surface area (Å²) < 4.78 is 5.28. The number of nitrogens with zero attached hydrogens (tertiary/aromatic N) is 1. The Morgan fingerprint density at radius 3 is 2.94 bits per heavy atom. The molecule has 0 radical (unpaired) electrons. The smallest absolute Gasteiger partial charge is 0.174 e. The summed E-state index contributed by atoms with van der Waals surface area (Å²) in [7, 11) is 0. The summed E-state index contributed by atoms with van der Waals surface area (Å²) in [6, 6.07) is 10.2. The van der Waals surface area contributed by atoms with Crippen molar-refractivity contribution in [3.63, 3.8) is 0 Å². The van der Waals surface area contributed by atoms with Gasteiger partial charge < -0.3 is 10.1 Å². The van der Waals surface area contributed by atoms with Crippen molar-refractivity contribution in [3.05, 3.63) is 24.3 Å². The highest BCUT2D eigenvalue weighted by Crippen LogP contribution is 2.48. The van der Waals surface area contributed by atoms with Crippen molar-refractivity contribution in [1.82, 2.24) is 0 Å². The minimum absolute atomic E-state index is 0.0940. The summed E-state index contributed by atoms with van der Waals surface area (Å²) >= 11 is 0. The molecule has 1 aromatic rings. The first-order valence-corrected chi connectivity index (χ1v) is 6.00. The van der Waals surface area contributed by atoms with Crippen molar-refractivity contribution in [2.75, 3.05) is 11.9 Å². The third-order valence-corrected chi connectivity index (χ3v) is 3.60. The maximum atomic E-state index is 8.47. The van der Waals surface area contributed by atoms with Crippen LogP contribution in [0, 0.1) is 16.7 Å². The predicted octanol–water partition coefficient (Wildman–Crippen LogP) is 3.19. The van der Waals surface area contributed by atoms with Gasteiger partial charge in [-0.15, -0.1) is 0 Å².